The quantitative estimate of drug-likeness (QED) is 0.694. The van der Waals surface area contributed by atoms with Crippen LogP contribution in [0.2, 0.25) is 0 Å². The Balaban J connectivity index is 1.78. The highest BCUT2D eigenvalue weighted by Gasteiger charge is 2.29. The Bertz CT molecular complexity index is 212. The molecule has 0 heterocycles. The van der Waals surface area contributed by atoms with Crippen molar-refractivity contribution in [1.82, 2.24) is 5.32 Å². The van der Waals surface area contributed by atoms with Gasteiger partial charge in [-0.05, 0) is 49.9 Å². The summed E-state index contributed by atoms with van der Waals surface area (Å²) in [6.45, 7) is 7.24. The Morgan fingerprint density at radius 2 is 1.31 bits per heavy atom. The van der Waals surface area contributed by atoms with Crippen molar-refractivity contribution in [3.05, 3.63) is 0 Å². The predicted octanol–water partition coefficient (Wildman–Crippen LogP) is 4.12. The number of nitrogens with one attached hydrogen (secondary N) is 1. The molecule has 2 fully saturated rings. The molecule has 0 saturated heterocycles. The summed E-state index contributed by atoms with van der Waals surface area (Å²) in [7, 11) is 0. The van der Waals surface area contributed by atoms with E-state index >= 15 is 0 Å². The minimum atomic E-state index is 0.519. The van der Waals surface area contributed by atoms with Gasteiger partial charge in [0.15, 0.2) is 0 Å². The van der Waals surface area contributed by atoms with E-state index in [4.69, 9.17) is 0 Å². The van der Waals surface area contributed by atoms with Gasteiger partial charge in [-0.15, -0.1) is 0 Å². The largest absolute Gasteiger partial charge is 0.311 e. The van der Waals surface area contributed by atoms with E-state index in [2.05, 4.69) is 26.1 Å². The van der Waals surface area contributed by atoms with Gasteiger partial charge >= 0.3 is 0 Å². The molecule has 0 aromatic rings. The second-order valence-electron chi connectivity index (χ2n) is 7.06. The lowest BCUT2D eigenvalue weighted by molar-refractivity contribution is 0.211. The zero-order chi connectivity index (χ0) is 11.6. The zero-order valence-corrected chi connectivity index (χ0v) is 11.4. The molecule has 0 aliphatic heterocycles. The highest BCUT2D eigenvalue weighted by Crippen LogP contribution is 2.37. The van der Waals surface area contributed by atoms with Crippen molar-refractivity contribution >= 4 is 0 Å². The molecule has 0 aromatic heterocycles. The van der Waals surface area contributed by atoms with Gasteiger partial charge in [-0.1, -0.05) is 33.6 Å². The summed E-state index contributed by atoms with van der Waals surface area (Å²) >= 11 is 0. The summed E-state index contributed by atoms with van der Waals surface area (Å²) in [5.41, 5.74) is 0.519. The average Bonchev–Trinajstić information content (AvgIpc) is 2.35. The van der Waals surface area contributed by atoms with Crippen molar-refractivity contribution in [3.63, 3.8) is 0 Å². The standard InChI is InChI=1S/C15H29N/c1-15(2,3)12-6-4-7-14(11-10-12)16-13-8-5-9-13/h12-14,16H,4-11H2,1-3H3. The zero-order valence-electron chi connectivity index (χ0n) is 11.4. The van der Waals surface area contributed by atoms with E-state index in [0.717, 1.165) is 18.0 Å². The number of rotatable bonds is 2. The minimum Gasteiger partial charge on any atom is -0.311 e. The molecular formula is C15H29N. The van der Waals surface area contributed by atoms with E-state index in [0.29, 0.717) is 5.41 Å². The summed E-state index contributed by atoms with van der Waals surface area (Å²) in [6, 6.07) is 1.70. The first-order chi connectivity index (χ1) is 7.55. The molecule has 0 amide bonds. The first-order valence-electron chi connectivity index (χ1n) is 7.32. The van der Waals surface area contributed by atoms with E-state index in [-0.39, 0.29) is 0 Å². The summed E-state index contributed by atoms with van der Waals surface area (Å²) in [4.78, 5) is 0. The Hall–Kier alpha value is -0.0400. The van der Waals surface area contributed by atoms with Gasteiger partial charge in [-0.2, -0.15) is 0 Å². The van der Waals surface area contributed by atoms with Crippen molar-refractivity contribution in [2.24, 2.45) is 11.3 Å². The van der Waals surface area contributed by atoms with Crippen molar-refractivity contribution in [2.45, 2.75) is 84.2 Å². The fourth-order valence-electron chi connectivity index (χ4n) is 3.24. The fraction of sp³-hybridized carbons (Fsp3) is 1.00. The third kappa shape index (κ3) is 3.23. The molecule has 94 valence electrons. The molecule has 1 heteroatoms. The molecule has 0 spiro atoms. The molecule has 0 radical (unpaired) electrons. The van der Waals surface area contributed by atoms with Crippen molar-refractivity contribution < 1.29 is 0 Å². The number of hydrogen-bond donors (Lipinski definition) is 1. The Labute approximate surface area is 101 Å². The topological polar surface area (TPSA) is 12.0 Å². The maximum absolute atomic E-state index is 3.87. The Kier molecular flexibility index (Phi) is 3.94. The van der Waals surface area contributed by atoms with E-state index in [1.54, 1.807) is 0 Å². The smallest absolute Gasteiger partial charge is 0.00697 e. The maximum atomic E-state index is 3.87. The van der Waals surface area contributed by atoms with Crippen LogP contribution in [0.1, 0.15) is 72.1 Å². The van der Waals surface area contributed by atoms with Crippen LogP contribution in [0.25, 0.3) is 0 Å². The summed E-state index contributed by atoms with van der Waals surface area (Å²) < 4.78 is 0. The first-order valence-corrected chi connectivity index (χ1v) is 7.32. The monoisotopic (exact) mass is 223 g/mol. The van der Waals surface area contributed by atoms with Crippen molar-refractivity contribution in [2.75, 3.05) is 0 Å². The van der Waals surface area contributed by atoms with Gasteiger partial charge in [0.05, 0.1) is 0 Å². The van der Waals surface area contributed by atoms with Gasteiger partial charge in [0.25, 0.3) is 0 Å². The molecule has 2 rings (SSSR count). The van der Waals surface area contributed by atoms with E-state index in [1.165, 1.54) is 51.4 Å². The SMILES string of the molecule is CC(C)(C)C1CCCC(NC2CCC2)CC1. The molecule has 2 saturated carbocycles. The van der Waals surface area contributed by atoms with Gasteiger partial charge in [0.2, 0.25) is 0 Å². The first kappa shape index (κ1) is 12.4. The van der Waals surface area contributed by atoms with Crippen LogP contribution in [0.3, 0.4) is 0 Å². The number of hydrogen-bond acceptors (Lipinski definition) is 1. The Morgan fingerprint density at radius 3 is 1.88 bits per heavy atom. The molecular weight excluding hydrogens is 194 g/mol. The van der Waals surface area contributed by atoms with Crippen LogP contribution in [-0.4, -0.2) is 12.1 Å². The highest BCUT2D eigenvalue weighted by atomic mass is 15.0. The van der Waals surface area contributed by atoms with Crippen LogP contribution in [0.4, 0.5) is 0 Å². The van der Waals surface area contributed by atoms with Crippen LogP contribution >= 0.6 is 0 Å². The molecule has 1 nitrogen and oxygen atoms in total. The van der Waals surface area contributed by atoms with Crippen molar-refractivity contribution in [3.8, 4) is 0 Å². The third-order valence-electron chi connectivity index (χ3n) is 4.77. The summed E-state index contributed by atoms with van der Waals surface area (Å²) in [6.07, 6.45) is 11.5. The van der Waals surface area contributed by atoms with Gasteiger partial charge in [-0.3, -0.25) is 0 Å². The van der Waals surface area contributed by atoms with Crippen LogP contribution in [0.5, 0.6) is 0 Å². The molecule has 2 aliphatic carbocycles. The molecule has 2 aliphatic rings. The molecule has 16 heavy (non-hydrogen) atoms. The van der Waals surface area contributed by atoms with Gasteiger partial charge in [-0.25, -0.2) is 0 Å². The lowest BCUT2D eigenvalue weighted by Gasteiger charge is -2.32. The second-order valence-corrected chi connectivity index (χ2v) is 7.06. The second kappa shape index (κ2) is 5.08. The predicted molar refractivity (Wildman–Crippen MR) is 70.6 cm³/mol. The normalized spacial score (nSPS) is 33.2. The van der Waals surface area contributed by atoms with E-state index in [1.807, 2.05) is 0 Å². The van der Waals surface area contributed by atoms with Gasteiger partial charge < -0.3 is 5.32 Å². The molecule has 0 aromatic carbocycles. The van der Waals surface area contributed by atoms with Crippen molar-refractivity contribution in [1.29, 1.82) is 0 Å². The fourth-order valence-corrected chi connectivity index (χ4v) is 3.24. The van der Waals surface area contributed by atoms with E-state index < -0.39 is 0 Å². The van der Waals surface area contributed by atoms with Gasteiger partial charge in [0, 0.05) is 12.1 Å². The lowest BCUT2D eigenvalue weighted by atomic mass is 9.76. The molecule has 1 N–H and O–H groups in total. The average molecular weight is 223 g/mol. The van der Waals surface area contributed by atoms with Crippen LogP contribution in [0, 0.1) is 11.3 Å². The summed E-state index contributed by atoms with van der Waals surface area (Å²) in [5, 5.41) is 3.87. The van der Waals surface area contributed by atoms with Gasteiger partial charge in [0.1, 0.15) is 0 Å². The highest BCUT2D eigenvalue weighted by molar-refractivity contribution is 4.85. The molecule has 0 bridgehead atoms. The maximum Gasteiger partial charge on any atom is 0.00697 e. The van der Waals surface area contributed by atoms with Crippen LogP contribution in [0.15, 0.2) is 0 Å². The van der Waals surface area contributed by atoms with Crippen LogP contribution < -0.4 is 5.32 Å². The lowest BCUT2D eigenvalue weighted by Crippen LogP contribution is -2.42. The third-order valence-corrected chi connectivity index (χ3v) is 4.77. The van der Waals surface area contributed by atoms with E-state index in [9.17, 15) is 0 Å². The summed E-state index contributed by atoms with van der Waals surface area (Å²) in [5.74, 6) is 0.945. The molecule has 2 atom stereocenters. The van der Waals surface area contributed by atoms with Crippen LogP contribution in [-0.2, 0) is 0 Å². The molecule has 2 unspecified atom stereocenters. The minimum absolute atomic E-state index is 0.519. The Morgan fingerprint density at radius 1 is 0.750 bits per heavy atom.